The van der Waals surface area contributed by atoms with Gasteiger partial charge in [0.15, 0.2) is 0 Å². The first-order valence-electron chi connectivity index (χ1n) is 5.32. The Hall–Kier alpha value is -1.09. The Bertz CT molecular complexity index is 336. The Kier molecular flexibility index (Phi) is 3.21. The zero-order chi connectivity index (χ0) is 10.7. The van der Waals surface area contributed by atoms with Crippen molar-refractivity contribution in [3.63, 3.8) is 0 Å². The molecule has 1 aromatic rings. The molecular weight excluding hydrogens is 193 g/mol. The molecule has 2 nitrogen and oxygen atoms in total. The van der Waals surface area contributed by atoms with Crippen LogP contribution in [-0.4, -0.2) is 13.7 Å². The average Bonchev–Trinajstić information content (AvgIpc) is 3.04. The molecule has 0 aromatic heterocycles. The lowest BCUT2D eigenvalue weighted by Crippen LogP contribution is -2.16. The third kappa shape index (κ3) is 2.93. The summed E-state index contributed by atoms with van der Waals surface area (Å²) in [7, 11) is 1.57. The van der Waals surface area contributed by atoms with Crippen LogP contribution in [0.4, 0.5) is 4.39 Å². The molecule has 82 valence electrons. The van der Waals surface area contributed by atoms with Gasteiger partial charge in [-0.2, -0.15) is 0 Å². The minimum Gasteiger partial charge on any atom is -0.496 e. The van der Waals surface area contributed by atoms with Crippen molar-refractivity contribution in [2.45, 2.75) is 19.4 Å². The van der Waals surface area contributed by atoms with Crippen molar-refractivity contribution in [2.24, 2.45) is 5.92 Å². The summed E-state index contributed by atoms with van der Waals surface area (Å²) in [4.78, 5) is 0. The Balaban J connectivity index is 1.92. The van der Waals surface area contributed by atoms with Gasteiger partial charge >= 0.3 is 0 Å². The number of ether oxygens (including phenoxy) is 1. The van der Waals surface area contributed by atoms with Crippen molar-refractivity contribution in [1.82, 2.24) is 5.32 Å². The van der Waals surface area contributed by atoms with Crippen LogP contribution >= 0.6 is 0 Å². The minimum atomic E-state index is -0.252. The fourth-order valence-corrected chi connectivity index (χ4v) is 1.60. The third-order valence-corrected chi connectivity index (χ3v) is 2.69. The van der Waals surface area contributed by atoms with Crippen LogP contribution in [0.5, 0.6) is 5.75 Å². The van der Waals surface area contributed by atoms with E-state index >= 15 is 0 Å². The second-order valence-electron chi connectivity index (χ2n) is 4.03. The lowest BCUT2D eigenvalue weighted by Gasteiger charge is -2.09. The van der Waals surface area contributed by atoms with Crippen LogP contribution in [0.25, 0.3) is 0 Å². The van der Waals surface area contributed by atoms with E-state index in [-0.39, 0.29) is 5.82 Å². The van der Waals surface area contributed by atoms with Crippen molar-refractivity contribution in [3.05, 3.63) is 29.6 Å². The quantitative estimate of drug-likeness (QED) is 0.803. The van der Waals surface area contributed by atoms with Gasteiger partial charge in [-0.3, -0.25) is 0 Å². The van der Waals surface area contributed by atoms with Gasteiger partial charge in [0.1, 0.15) is 11.6 Å². The Morgan fingerprint density at radius 2 is 2.27 bits per heavy atom. The van der Waals surface area contributed by atoms with Crippen LogP contribution in [0.2, 0.25) is 0 Å². The van der Waals surface area contributed by atoms with E-state index in [9.17, 15) is 4.39 Å². The maximum atomic E-state index is 12.9. The average molecular weight is 209 g/mol. The smallest absolute Gasteiger partial charge is 0.126 e. The summed E-state index contributed by atoms with van der Waals surface area (Å²) >= 11 is 0. The van der Waals surface area contributed by atoms with Crippen molar-refractivity contribution in [3.8, 4) is 5.75 Å². The van der Waals surface area contributed by atoms with E-state index in [1.807, 2.05) is 0 Å². The van der Waals surface area contributed by atoms with Crippen LogP contribution < -0.4 is 10.1 Å². The predicted molar refractivity (Wildman–Crippen MR) is 57.4 cm³/mol. The number of hydrogen-bond acceptors (Lipinski definition) is 2. The summed E-state index contributed by atoms with van der Waals surface area (Å²) in [6.07, 6.45) is 2.68. The highest BCUT2D eigenvalue weighted by Crippen LogP contribution is 2.28. The Labute approximate surface area is 89.4 Å². The van der Waals surface area contributed by atoms with Gasteiger partial charge in [-0.05, 0) is 31.4 Å². The van der Waals surface area contributed by atoms with Gasteiger partial charge in [-0.25, -0.2) is 4.39 Å². The molecule has 0 unspecified atom stereocenters. The molecule has 3 heteroatoms. The molecule has 0 aliphatic heterocycles. The molecule has 1 saturated carbocycles. The molecule has 2 rings (SSSR count). The van der Waals surface area contributed by atoms with E-state index in [0.717, 1.165) is 24.6 Å². The molecule has 1 aliphatic carbocycles. The first kappa shape index (κ1) is 10.4. The topological polar surface area (TPSA) is 21.3 Å². The SMILES string of the molecule is COc1cc(F)ccc1CNCC1CC1. The maximum Gasteiger partial charge on any atom is 0.126 e. The van der Waals surface area contributed by atoms with Crippen LogP contribution in [0, 0.1) is 11.7 Å². The zero-order valence-corrected chi connectivity index (χ0v) is 8.92. The second-order valence-corrected chi connectivity index (χ2v) is 4.03. The van der Waals surface area contributed by atoms with Crippen LogP contribution in [0.1, 0.15) is 18.4 Å². The van der Waals surface area contributed by atoms with Gasteiger partial charge in [0.25, 0.3) is 0 Å². The minimum absolute atomic E-state index is 0.252. The summed E-state index contributed by atoms with van der Waals surface area (Å²) in [6, 6.07) is 4.67. The number of halogens is 1. The highest BCUT2D eigenvalue weighted by atomic mass is 19.1. The van der Waals surface area contributed by atoms with E-state index in [2.05, 4.69) is 5.32 Å². The number of rotatable bonds is 5. The summed E-state index contributed by atoms with van der Waals surface area (Å²) in [5, 5.41) is 3.36. The van der Waals surface area contributed by atoms with Crippen molar-refractivity contribution in [2.75, 3.05) is 13.7 Å². The highest BCUT2D eigenvalue weighted by Gasteiger charge is 2.20. The fraction of sp³-hybridized carbons (Fsp3) is 0.500. The Morgan fingerprint density at radius 1 is 1.47 bits per heavy atom. The van der Waals surface area contributed by atoms with E-state index in [1.54, 1.807) is 13.2 Å². The van der Waals surface area contributed by atoms with Gasteiger partial charge in [-0.1, -0.05) is 6.07 Å². The number of methoxy groups -OCH3 is 1. The fourth-order valence-electron chi connectivity index (χ4n) is 1.60. The number of benzene rings is 1. The van der Waals surface area contributed by atoms with E-state index in [1.165, 1.54) is 25.0 Å². The summed E-state index contributed by atoms with van der Waals surface area (Å²) < 4.78 is 18.0. The van der Waals surface area contributed by atoms with Gasteiger partial charge in [0, 0.05) is 18.2 Å². The number of hydrogen-bond donors (Lipinski definition) is 1. The van der Waals surface area contributed by atoms with Gasteiger partial charge in [-0.15, -0.1) is 0 Å². The first-order valence-corrected chi connectivity index (χ1v) is 5.32. The molecule has 15 heavy (non-hydrogen) atoms. The molecular formula is C12H16FNO. The number of nitrogens with one attached hydrogen (secondary N) is 1. The lowest BCUT2D eigenvalue weighted by molar-refractivity contribution is 0.404. The van der Waals surface area contributed by atoms with E-state index < -0.39 is 0 Å². The van der Waals surface area contributed by atoms with Gasteiger partial charge < -0.3 is 10.1 Å². The molecule has 0 heterocycles. The highest BCUT2D eigenvalue weighted by molar-refractivity contribution is 5.33. The lowest BCUT2D eigenvalue weighted by atomic mass is 10.2. The summed E-state index contributed by atoms with van der Waals surface area (Å²) in [5.74, 6) is 1.23. The normalized spacial score (nSPS) is 15.3. The van der Waals surface area contributed by atoms with Gasteiger partial charge in [0.05, 0.1) is 7.11 Å². The van der Waals surface area contributed by atoms with Crippen LogP contribution in [0.15, 0.2) is 18.2 Å². The van der Waals surface area contributed by atoms with E-state index in [0.29, 0.717) is 5.75 Å². The Morgan fingerprint density at radius 3 is 2.93 bits per heavy atom. The molecule has 1 N–H and O–H groups in total. The third-order valence-electron chi connectivity index (χ3n) is 2.69. The monoisotopic (exact) mass is 209 g/mol. The van der Waals surface area contributed by atoms with Crippen LogP contribution in [-0.2, 0) is 6.54 Å². The molecule has 0 spiro atoms. The molecule has 1 aliphatic rings. The summed E-state index contributed by atoms with van der Waals surface area (Å²) in [6.45, 7) is 1.81. The van der Waals surface area contributed by atoms with E-state index in [4.69, 9.17) is 4.74 Å². The van der Waals surface area contributed by atoms with Crippen LogP contribution in [0.3, 0.4) is 0 Å². The van der Waals surface area contributed by atoms with Crippen molar-refractivity contribution >= 4 is 0 Å². The second kappa shape index (κ2) is 4.62. The standard InChI is InChI=1S/C12H16FNO/c1-15-12-6-11(13)5-4-10(12)8-14-7-9-2-3-9/h4-6,9,14H,2-3,7-8H2,1H3. The zero-order valence-electron chi connectivity index (χ0n) is 8.92. The first-order chi connectivity index (χ1) is 7.29. The van der Waals surface area contributed by atoms with Crippen molar-refractivity contribution < 1.29 is 9.13 Å². The van der Waals surface area contributed by atoms with Crippen molar-refractivity contribution in [1.29, 1.82) is 0 Å². The molecule has 0 saturated heterocycles. The summed E-state index contributed by atoms with van der Waals surface area (Å²) in [5.41, 5.74) is 1.01. The largest absolute Gasteiger partial charge is 0.496 e. The molecule has 1 fully saturated rings. The predicted octanol–water partition coefficient (Wildman–Crippen LogP) is 2.33. The van der Waals surface area contributed by atoms with Gasteiger partial charge in [0.2, 0.25) is 0 Å². The molecule has 1 aromatic carbocycles. The molecule has 0 atom stereocenters. The molecule has 0 amide bonds. The molecule has 0 radical (unpaired) electrons. The molecule has 0 bridgehead atoms. The maximum absolute atomic E-state index is 12.9.